The molecule has 8 heteroatoms. The van der Waals surface area contributed by atoms with Gasteiger partial charge >= 0.3 is 6.09 Å². The van der Waals surface area contributed by atoms with Crippen LogP contribution in [-0.2, 0) is 9.47 Å². The molecule has 3 aromatic rings. The quantitative estimate of drug-likeness (QED) is 0.692. The van der Waals surface area contributed by atoms with Crippen LogP contribution in [0, 0.1) is 0 Å². The third kappa shape index (κ3) is 2.93. The Morgan fingerprint density at radius 1 is 1.21 bits per heavy atom. The van der Waals surface area contributed by atoms with Gasteiger partial charge < -0.3 is 18.9 Å². The number of likely N-dealkylation sites (tertiary alicyclic amines) is 1. The Morgan fingerprint density at radius 3 is 2.75 bits per heavy atom. The topological polar surface area (TPSA) is 82.6 Å². The number of hydrogen-bond donors (Lipinski definition) is 0. The Labute approximate surface area is 162 Å². The van der Waals surface area contributed by atoms with Crippen LogP contribution in [0.4, 0.5) is 4.79 Å². The van der Waals surface area contributed by atoms with Crippen LogP contribution in [0.5, 0.6) is 0 Å². The molecule has 5 rings (SSSR count). The lowest BCUT2D eigenvalue weighted by molar-refractivity contribution is -0.0266. The molecule has 2 aliphatic rings. The molecule has 0 spiro atoms. The minimum Gasteiger partial charge on any atom is -0.453 e. The van der Waals surface area contributed by atoms with Crippen molar-refractivity contribution in [3.8, 4) is 11.3 Å². The molecule has 0 bridgehead atoms. The fraction of sp³-hybridized carbons (Fsp3) is 0.450. The molecule has 0 aliphatic carbocycles. The molecular weight excluding hydrogens is 360 g/mol. The molecule has 1 amide bonds. The number of rotatable bonds is 3. The standard InChI is InChI=1S/C20H22N4O4/c1-26-20(25)23-6-4-13(5-7-23)17-9-19(28-22-17)14-2-3-15-10-21-24(18(15)8-14)16-11-27-12-16/h2-3,8-10,13,16H,4-7,11-12H2,1H3. The Morgan fingerprint density at radius 2 is 2.04 bits per heavy atom. The van der Waals surface area contributed by atoms with Crippen molar-refractivity contribution in [3.63, 3.8) is 0 Å². The minimum atomic E-state index is -0.263. The third-order valence-corrected chi connectivity index (χ3v) is 5.72. The molecule has 8 nitrogen and oxygen atoms in total. The number of carbonyl (C=O) groups is 1. The molecule has 2 aliphatic heterocycles. The van der Waals surface area contributed by atoms with Gasteiger partial charge in [0.2, 0.25) is 0 Å². The zero-order chi connectivity index (χ0) is 19.1. The summed E-state index contributed by atoms with van der Waals surface area (Å²) in [6, 6.07) is 8.52. The SMILES string of the molecule is COC(=O)N1CCC(c2cc(-c3ccc4cnn(C5COC5)c4c3)on2)CC1. The van der Waals surface area contributed by atoms with Crippen molar-refractivity contribution in [2.24, 2.45) is 0 Å². The fourth-order valence-corrected chi connectivity index (χ4v) is 3.95. The number of amides is 1. The normalized spacial score (nSPS) is 18.4. The van der Waals surface area contributed by atoms with E-state index in [0.29, 0.717) is 38.3 Å². The van der Waals surface area contributed by atoms with Crippen molar-refractivity contribution in [1.82, 2.24) is 19.8 Å². The molecular formula is C20H22N4O4. The summed E-state index contributed by atoms with van der Waals surface area (Å²) >= 11 is 0. The van der Waals surface area contributed by atoms with Gasteiger partial charge in [-0.25, -0.2) is 4.79 Å². The highest BCUT2D eigenvalue weighted by Crippen LogP contribution is 2.32. The lowest BCUT2D eigenvalue weighted by Gasteiger charge is -2.29. The zero-order valence-corrected chi connectivity index (χ0v) is 15.7. The highest BCUT2D eigenvalue weighted by atomic mass is 16.5. The molecule has 28 heavy (non-hydrogen) atoms. The van der Waals surface area contributed by atoms with Crippen molar-refractivity contribution < 1.29 is 18.8 Å². The predicted octanol–water partition coefficient (Wildman–Crippen LogP) is 3.21. The highest BCUT2D eigenvalue weighted by molar-refractivity contribution is 5.83. The average molecular weight is 382 g/mol. The van der Waals surface area contributed by atoms with Crippen LogP contribution in [-0.4, -0.2) is 59.3 Å². The largest absolute Gasteiger partial charge is 0.453 e. The molecule has 0 atom stereocenters. The van der Waals surface area contributed by atoms with Gasteiger partial charge in [-0.3, -0.25) is 4.68 Å². The van der Waals surface area contributed by atoms with Crippen molar-refractivity contribution in [1.29, 1.82) is 0 Å². The first kappa shape index (κ1) is 17.2. The minimum absolute atomic E-state index is 0.263. The summed E-state index contributed by atoms with van der Waals surface area (Å²) in [7, 11) is 1.42. The lowest BCUT2D eigenvalue weighted by Crippen LogP contribution is -2.37. The number of methoxy groups -OCH3 is 1. The van der Waals surface area contributed by atoms with Crippen LogP contribution >= 0.6 is 0 Å². The number of nitrogens with zero attached hydrogens (tertiary/aromatic N) is 4. The maximum Gasteiger partial charge on any atom is 0.409 e. The summed E-state index contributed by atoms with van der Waals surface area (Å²) in [4.78, 5) is 13.4. The van der Waals surface area contributed by atoms with E-state index in [1.54, 1.807) is 4.90 Å². The Bertz CT molecular complexity index is 999. The lowest BCUT2D eigenvalue weighted by atomic mass is 9.93. The first-order valence-corrected chi connectivity index (χ1v) is 9.58. The highest BCUT2D eigenvalue weighted by Gasteiger charge is 2.27. The van der Waals surface area contributed by atoms with Crippen LogP contribution in [0.1, 0.15) is 30.5 Å². The van der Waals surface area contributed by atoms with E-state index in [1.165, 1.54) is 7.11 Å². The van der Waals surface area contributed by atoms with Gasteiger partial charge in [-0.1, -0.05) is 17.3 Å². The van der Waals surface area contributed by atoms with Gasteiger partial charge in [0, 0.05) is 36.0 Å². The molecule has 1 aromatic carbocycles. The fourth-order valence-electron chi connectivity index (χ4n) is 3.95. The molecule has 0 unspecified atom stereocenters. The van der Waals surface area contributed by atoms with Gasteiger partial charge in [-0.15, -0.1) is 0 Å². The molecule has 0 N–H and O–H groups in total. The third-order valence-electron chi connectivity index (χ3n) is 5.72. The van der Waals surface area contributed by atoms with E-state index < -0.39 is 0 Å². The summed E-state index contributed by atoms with van der Waals surface area (Å²) in [6.45, 7) is 2.76. The van der Waals surface area contributed by atoms with E-state index in [4.69, 9.17) is 14.0 Å². The van der Waals surface area contributed by atoms with E-state index in [9.17, 15) is 4.79 Å². The number of fused-ring (bicyclic) bond motifs is 1. The number of piperidine rings is 1. The zero-order valence-electron chi connectivity index (χ0n) is 15.7. The summed E-state index contributed by atoms with van der Waals surface area (Å²) in [6.07, 6.45) is 3.34. The van der Waals surface area contributed by atoms with Crippen LogP contribution in [0.2, 0.25) is 0 Å². The molecule has 0 saturated carbocycles. The van der Waals surface area contributed by atoms with Gasteiger partial charge in [-0.05, 0) is 18.9 Å². The first-order valence-electron chi connectivity index (χ1n) is 9.58. The maximum atomic E-state index is 11.6. The summed E-state index contributed by atoms with van der Waals surface area (Å²) in [5.74, 6) is 1.05. The summed E-state index contributed by atoms with van der Waals surface area (Å²) < 4.78 is 17.8. The van der Waals surface area contributed by atoms with Crippen LogP contribution in [0.25, 0.3) is 22.2 Å². The average Bonchev–Trinajstić information content (AvgIpc) is 3.34. The smallest absolute Gasteiger partial charge is 0.409 e. The van der Waals surface area contributed by atoms with Crippen LogP contribution < -0.4 is 0 Å². The number of carbonyl (C=O) groups excluding carboxylic acids is 1. The Hall–Kier alpha value is -2.87. The van der Waals surface area contributed by atoms with E-state index >= 15 is 0 Å². The number of benzene rings is 1. The van der Waals surface area contributed by atoms with Gasteiger partial charge in [0.05, 0.1) is 43.8 Å². The monoisotopic (exact) mass is 382 g/mol. The van der Waals surface area contributed by atoms with Gasteiger partial charge in [-0.2, -0.15) is 5.10 Å². The second kappa shape index (κ2) is 6.94. The number of hydrogen-bond acceptors (Lipinski definition) is 6. The van der Waals surface area contributed by atoms with Crippen LogP contribution in [0.3, 0.4) is 0 Å². The maximum absolute atomic E-state index is 11.6. The molecule has 2 fully saturated rings. The van der Waals surface area contributed by atoms with E-state index in [-0.39, 0.29) is 6.09 Å². The molecule has 0 radical (unpaired) electrons. The molecule has 2 saturated heterocycles. The Balaban J connectivity index is 1.35. The van der Waals surface area contributed by atoms with Crippen molar-refractivity contribution >= 4 is 17.0 Å². The summed E-state index contributed by atoms with van der Waals surface area (Å²) in [5.41, 5.74) is 3.01. The Kier molecular flexibility index (Phi) is 4.27. The van der Waals surface area contributed by atoms with Crippen molar-refractivity contribution in [2.45, 2.75) is 24.8 Å². The van der Waals surface area contributed by atoms with Gasteiger partial charge in [0.1, 0.15) is 0 Å². The first-order chi connectivity index (χ1) is 13.7. The summed E-state index contributed by atoms with van der Waals surface area (Å²) in [5, 5.41) is 9.92. The molecule has 4 heterocycles. The second-order valence-corrected chi connectivity index (χ2v) is 7.40. The van der Waals surface area contributed by atoms with Crippen LogP contribution in [0.15, 0.2) is 35.0 Å². The number of ether oxygens (including phenoxy) is 2. The molecule has 2 aromatic heterocycles. The van der Waals surface area contributed by atoms with E-state index in [1.807, 2.05) is 23.0 Å². The van der Waals surface area contributed by atoms with E-state index in [2.05, 4.69) is 22.4 Å². The van der Waals surface area contributed by atoms with Crippen molar-refractivity contribution in [2.75, 3.05) is 33.4 Å². The predicted molar refractivity (Wildman–Crippen MR) is 101 cm³/mol. The molecule has 146 valence electrons. The second-order valence-electron chi connectivity index (χ2n) is 7.40. The van der Waals surface area contributed by atoms with Gasteiger partial charge in [0.25, 0.3) is 0 Å². The van der Waals surface area contributed by atoms with Crippen molar-refractivity contribution in [3.05, 3.63) is 36.2 Å². The van der Waals surface area contributed by atoms with Gasteiger partial charge in [0.15, 0.2) is 5.76 Å². The number of aromatic nitrogens is 3. The van der Waals surface area contributed by atoms with E-state index in [0.717, 1.165) is 40.8 Å².